The molecule has 0 saturated carbocycles. The van der Waals surface area contributed by atoms with Crippen LogP contribution in [0.3, 0.4) is 0 Å². The maximum Gasteiger partial charge on any atom is 0.416 e. The van der Waals surface area contributed by atoms with Crippen molar-refractivity contribution in [2.75, 3.05) is 7.11 Å². The van der Waals surface area contributed by atoms with Gasteiger partial charge in [0.05, 0.1) is 18.2 Å². The van der Waals surface area contributed by atoms with Crippen molar-refractivity contribution in [3.63, 3.8) is 0 Å². The highest BCUT2D eigenvalue weighted by molar-refractivity contribution is 6.11. The summed E-state index contributed by atoms with van der Waals surface area (Å²) in [6.45, 7) is 4.44. The summed E-state index contributed by atoms with van der Waals surface area (Å²) in [4.78, 5) is 0. The van der Waals surface area contributed by atoms with Crippen molar-refractivity contribution in [3.05, 3.63) is 76.9 Å². The Morgan fingerprint density at radius 1 is 0.929 bits per heavy atom. The summed E-state index contributed by atoms with van der Waals surface area (Å²) in [6.07, 6.45) is -4.35. The first kappa shape index (κ1) is 18.4. The van der Waals surface area contributed by atoms with E-state index in [1.54, 1.807) is 13.2 Å². The van der Waals surface area contributed by atoms with Crippen LogP contribution in [0.2, 0.25) is 0 Å². The van der Waals surface area contributed by atoms with Gasteiger partial charge < -0.3 is 9.30 Å². The van der Waals surface area contributed by atoms with Crippen LogP contribution in [-0.4, -0.2) is 11.7 Å². The highest BCUT2D eigenvalue weighted by atomic mass is 19.4. The number of benzene rings is 3. The lowest BCUT2D eigenvalue weighted by Crippen LogP contribution is -2.07. The van der Waals surface area contributed by atoms with E-state index in [4.69, 9.17) is 4.74 Å². The number of aryl methyl sites for hydroxylation is 2. The van der Waals surface area contributed by atoms with Crippen molar-refractivity contribution in [1.29, 1.82) is 0 Å². The molecule has 0 spiro atoms. The molecule has 0 fully saturated rings. The van der Waals surface area contributed by atoms with Crippen LogP contribution in [0.1, 0.15) is 22.3 Å². The summed E-state index contributed by atoms with van der Waals surface area (Å²) in [7, 11) is 1.63. The summed E-state index contributed by atoms with van der Waals surface area (Å²) in [5.41, 5.74) is 4.22. The standard InChI is InChI=1S/C23H20F3NO/c1-14-7-8-15(2)22-21(14)19-12-18(28-3)9-10-20(19)27(22)13-16-5-4-6-17(11-16)23(24,25)26/h4-12H,13H2,1-3H3. The van der Waals surface area contributed by atoms with E-state index in [1.165, 1.54) is 12.1 Å². The molecule has 28 heavy (non-hydrogen) atoms. The fraction of sp³-hybridized carbons (Fsp3) is 0.217. The predicted molar refractivity (Wildman–Crippen MR) is 106 cm³/mol. The van der Waals surface area contributed by atoms with E-state index in [0.29, 0.717) is 12.1 Å². The molecule has 0 unspecified atom stereocenters. The third kappa shape index (κ3) is 3.01. The van der Waals surface area contributed by atoms with Gasteiger partial charge in [0.25, 0.3) is 0 Å². The van der Waals surface area contributed by atoms with Crippen molar-refractivity contribution < 1.29 is 17.9 Å². The molecule has 4 rings (SSSR count). The first-order valence-electron chi connectivity index (χ1n) is 9.02. The van der Waals surface area contributed by atoms with Gasteiger partial charge in [-0.1, -0.05) is 24.3 Å². The minimum Gasteiger partial charge on any atom is -0.497 e. The zero-order valence-electron chi connectivity index (χ0n) is 15.9. The van der Waals surface area contributed by atoms with Crippen LogP contribution in [0.5, 0.6) is 5.75 Å². The van der Waals surface area contributed by atoms with Crippen molar-refractivity contribution >= 4 is 21.8 Å². The Morgan fingerprint density at radius 3 is 2.39 bits per heavy atom. The average Bonchev–Trinajstić information content (AvgIpc) is 2.99. The molecule has 3 aromatic carbocycles. The zero-order valence-corrected chi connectivity index (χ0v) is 15.9. The van der Waals surface area contributed by atoms with Crippen LogP contribution in [0.25, 0.3) is 21.8 Å². The smallest absolute Gasteiger partial charge is 0.416 e. The number of hydrogen-bond donors (Lipinski definition) is 0. The lowest BCUT2D eigenvalue weighted by atomic mass is 10.0. The summed E-state index contributed by atoms with van der Waals surface area (Å²) >= 11 is 0. The van der Waals surface area contributed by atoms with Crippen LogP contribution in [0.15, 0.2) is 54.6 Å². The third-order valence-corrected chi connectivity index (χ3v) is 5.22. The molecule has 1 heterocycles. The van der Waals surface area contributed by atoms with Crippen molar-refractivity contribution in [1.82, 2.24) is 4.57 Å². The van der Waals surface area contributed by atoms with E-state index in [-0.39, 0.29) is 0 Å². The molecule has 0 N–H and O–H groups in total. The van der Waals surface area contributed by atoms with Crippen molar-refractivity contribution in [3.8, 4) is 5.75 Å². The van der Waals surface area contributed by atoms with E-state index in [2.05, 4.69) is 23.6 Å². The van der Waals surface area contributed by atoms with Crippen LogP contribution < -0.4 is 4.74 Å². The van der Waals surface area contributed by atoms with Gasteiger partial charge in [0.1, 0.15) is 5.75 Å². The summed E-state index contributed by atoms with van der Waals surface area (Å²) in [5.74, 6) is 0.756. The van der Waals surface area contributed by atoms with E-state index >= 15 is 0 Å². The minimum absolute atomic E-state index is 0.362. The van der Waals surface area contributed by atoms with Crippen LogP contribution in [0, 0.1) is 13.8 Å². The monoisotopic (exact) mass is 383 g/mol. The fourth-order valence-corrected chi connectivity index (χ4v) is 3.88. The number of aromatic nitrogens is 1. The van der Waals surface area contributed by atoms with Crippen LogP contribution in [0.4, 0.5) is 13.2 Å². The molecule has 0 aliphatic rings. The summed E-state index contributed by atoms with van der Waals surface area (Å²) in [5, 5.41) is 2.16. The van der Waals surface area contributed by atoms with Crippen LogP contribution >= 0.6 is 0 Å². The topological polar surface area (TPSA) is 14.2 Å². The van der Waals surface area contributed by atoms with E-state index in [1.807, 2.05) is 25.1 Å². The molecule has 0 radical (unpaired) electrons. The predicted octanol–water partition coefficient (Wildman–Crippen LogP) is 6.49. The molecule has 1 aromatic heterocycles. The van der Waals surface area contributed by atoms with Gasteiger partial charge in [-0.25, -0.2) is 0 Å². The molecular formula is C23H20F3NO. The maximum absolute atomic E-state index is 13.1. The SMILES string of the molecule is COc1ccc2c(c1)c1c(C)ccc(C)c1n2Cc1cccc(C(F)(F)F)c1. The number of methoxy groups -OCH3 is 1. The molecule has 0 atom stereocenters. The lowest BCUT2D eigenvalue weighted by Gasteiger charge is -2.12. The highest BCUT2D eigenvalue weighted by Crippen LogP contribution is 2.36. The summed E-state index contributed by atoms with van der Waals surface area (Å²) < 4.78 is 46.9. The van der Waals surface area contributed by atoms with Gasteiger partial charge >= 0.3 is 6.18 Å². The molecule has 0 aliphatic carbocycles. The second-order valence-electron chi connectivity index (χ2n) is 7.09. The van der Waals surface area contributed by atoms with Gasteiger partial charge in [0, 0.05) is 22.8 Å². The molecule has 2 nitrogen and oxygen atoms in total. The van der Waals surface area contributed by atoms with Gasteiger partial charge in [-0.15, -0.1) is 0 Å². The minimum atomic E-state index is -4.35. The Kier molecular flexibility index (Phi) is 4.33. The van der Waals surface area contributed by atoms with Crippen molar-refractivity contribution in [2.45, 2.75) is 26.6 Å². The molecule has 5 heteroatoms. The Labute approximate surface area is 161 Å². The molecular weight excluding hydrogens is 363 g/mol. The Bertz CT molecular complexity index is 1190. The largest absolute Gasteiger partial charge is 0.497 e. The number of hydrogen-bond acceptors (Lipinski definition) is 1. The van der Waals surface area contributed by atoms with Crippen molar-refractivity contribution in [2.24, 2.45) is 0 Å². The second kappa shape index (κ2) is 6.59. The number of fused-ring (bicyclic) bond motifs is 3. The molecule has 0 bridgehead atoms. The normalized spacial score (nSPS) is 12.1. The van der Waals surface area contributed by atoms with E-state index in [9.17, 15) is 13.2 Å². The lowest BCUT2D eigenvalue weighted by molar-refractivity contribution is -0.137. The van der Waals surface area contributed by atoms with Gasteiger partial charge in [0.2, 0.25) is 0 Å². The number of halogens is 3. The molecule has 144 valence electrons. The van der Waals surface area contributed by atoms with Gasteiger partial charge in [-0.05, 0) is 60.9 Å². The highest BCUT2D eigenvalue weighted by Gasteiger charge is 2.30. The fourth-order valence-electron chi connectivity index (χ4n) is 3.88. The number of nitrogens with zero attached hydrogens (tertiary/aromatic N) is 1. The van der Waals surface area contributed by atoms with E-state index < -0.39 is 11.7 Å². The first-order valence-corrected chi connectivity index (χ1v) is 9.02. The number of alkyl halides is 3. The second-order valence-corrected chi connectivity index (χ2v) is 7.09. The molecule has 4 aromatic rings. The Morgan fingerprint density at radius 2 is 1.68 bits per heavy atom. The molecule has 0 amide bonds. The maximum atomic E-state index is 13.1. The Balaban J connectivity index is 1.97. The van der Waals surface area contributed by atoms with Gasteiger partial charge in [0.15, 0.2) is 0 Å². The zero-order chi connectivity index (χ0) is 20.1. The quantitative estimate of drug-likeness (QED) is 0.395. The van der Waals surface area contributed by atoms with Crippen LogP contribution in [-0.2, 0) is 12.7 Å². The molecule has 0 aliphatic heterocycles. The molecule has 0 saturated heterocycles. The van der Waals surface area contributed by atoms with Gasteiger partial charge in [-0.2, -0.15) is 13.2 Å². The summed E-state index contributed by atoms with van der Waals surface area (Å²) in [6, 6.07) is 15.5. The first-order chi connectivity index (χ1) is 13.3. The Hall–Kier alpha value is -2.95. The number of rotatable bonds is 3. The van der Waals surface area contributed by atoms with E-state index in [0.717, 1.165) is 44.7 Å². The van der Waals surface area contributed by atoms with Gasteiger partial charge in [-0.3, -0.25) is 0 Å². The number of ether oxygens (including phenoxy) is 1. The third-order valence-electron chi connectivity index (χ3n) is 5.22. The average molecular weight is 383 g/mol.